The van der Waals surface area contributed by atoms with Crippen LogP contribution >= 0.6 is 0 Å². The third-order valence-corrected chi connectivity index (χ3v) is 4.03. The van der Waals surface area contributed by atoms with Gasteiger partial charge in [-0.2, -0.15) is 0 Å². The summed E-state index contributed by atoms with van der Waals surface area (Å²) < 4.78 is 5.59. The van der Waals surface area contributed by atoms with Crippen molar-refractivity contribution in [3.8, 4) is 5.75 Å². The summed E-state index contributed by atoms with van der Waals surface area (Å²) in [6.45, 7) is 5.58. The zero-order valence-electron chi connectivity index (χ0n) is 11.6. The van der Waals surface area contributed by atoms with E-state index in [1.807, 2.05) is 14.0 Å². The van der Waals surface area contributed by atoms with Crippen molar-refractivity contribution in [3.05, 3.63) is 29.3 Å². The van der Waals surface area contributed by atoms with Crippen molar-refractivity contribution in [1.82, 2.24) is 5.32 Å². The van der Waals surface area contributed by atoms with Gasteiger partial charge in [0, 0.05) is 11.5 Å². The number of nitrogens with two attached hydrogens (primary N) is 1. The summed E-state index contributed by atoms with van der Waals surface area (Å²) in [4.78, 5) is 0. The van der Waals surface area contributed by atoms with Gasteiger partial charge in [0.2, 0.25) is 0 Å². The molecule has 0 amide bonds. The monoisotopic (exact) mass is 248 g/mol. The lowest BCUT2D eigenvalue weighted by molar-refractivity contribution is 0.336. The van der Waals surface area contributed by atoms with Gasteiger partial charge in [-0.3, -0.25) is 0 Å². The van der Waals surface area contributed by atoms with Crippen molar-refractivity contribution in [2.24, 2.45) is 11.1 Å². The van der Waals surface area contributed by atoms with Crippen molar-refractivity contribution in [2.45, 2.75) is 32.7 Å². The first-order chi connectivity index (χ1) is 8.66. The van der Waals surface area contributed by atoms with Crippen LogP contribution in [0.1, 0.15) is 36.9 Å². The number of nitrogens with one attached hydrogen (secondary N) is 1. The Morgan fingerprint density at radius 1 is 1.44 bits per heavy atom. The molecule has 0 spiro atoms. The molecular weight excluding hydrogens is 224 g/mol. The van der Waals surface area contributed by atoms with Gasteiger partial charge < -0.3 is 15.8 Å². The van der Waals surface area contributed by atoms with Gasteiger partial charge in [-0.1, -0.05) is 12.1 Å². The van der Waals surface area contributed by atoms with E-state index in [1.54, 1.807) is 0 Å². The molecule has 1 aliphatic rings. The standard InChI is InChI=1S/C15H24N2O/c1-4-18-13-6-5-12(9-11(13)2)14(17-3)15(10-16)7-8-15/h5-6,9,14,17H,4,7-8,10,16H2,1-3H3. The zero-order valence-corrected chi connectivity index (χ0v) is 11.6. The fourth-order valence-electron chi connectivity index (χ4n) is 2.77. The van der Waals surface area contributed by atoms with Crippen LogP contribution in [0.3, 0.4) is 0 Å². The Hall–Kier alpha value is -1.06. The first kappa shape index (κ1) is 13.4. The highest BCUT2D eigenvalue weighted by molar-refractivity contribution is 5.38. The van der Waals surface area contributed by atoms with Gasteiger partial charge in [-0.05, 0) is 57.5 Å². The molecule has 1 atom stereocenters. The van der Waals surface area contributed by atoms with Crippen LogP contribution in [0.2, 0.25) is 0 Å². The van der Waals surface area contributed by atoms with E-state index >= 15 is 0 Å². The first-order valence-corrected chi connectivity index (χ1v) is 6.77. The highest BCUT2D eigenvalue weighted by Gasteiger charge is 2.48. The molecule has 1 fully saturated rings. The van der Waals surface area contributed by atoms with Crippen LogP contribution in [-0.4, -0.2) is 20.2 Å². The summed E-state index contributed by atoms with van der Waals surface area (Å²) in [6, 6.07) is 6.82. The summed E-state index contributed by atoms with van der Waals surface area (Å²) in [7, 11) is 2.02. The second-order valence-corrected chi connectivity index (χ2v) is 5.25. The van der Waals surface area contributed by atoms with Gasteiger partial charge in [0.1, 0.15) is 5.75 Å². The Bertz CT molecular complexity index is 413. The Labute approximate surface area is 110 Å². The van der Waals surface area contributed by atoms with Crippen molar-refractivity contribution >= 4 is 0 Å². The first-order valence-electron chi connectivity index (χ1n) is 6.77. The van der Waals surface area contributed by atoms with E-state index < -0.39 is 0 Å². The van der Waals surface area contributed by atoms with Crippen LogP contribution in [-0.2, 0) is 0 Å². The van der Waals surface area contributed by atoms with Crippen molar-refractivity contribution in [1.29, 1.82) is 0 Å². The lowest BCUT2D eigenvalue weighted by Gasteiger charge is -2.26. The van der Waals surface area contributed by atoms with Gasteiger partial charge in [0.25, 0.3) is 0 Å². The van der Waals surface area contributed by atoms with Crippen LogP contribution in [0.25, 0.3) is 0 Å². The van der Waals surface area contributed by atoms with Gasteiger partial charge in [-0.15, -0.1) is 0 Å². The summed E-state index contributed by atoms with van der Waals surface area (Å²) in [5, 5.41) is 3.43. The van der Waals surface area contributed by atoms with Gasteiger partial charge >= 0.3 is 0 Å². The summed E-state index contributed by atoms with van der Waals surface area (Å²) in [5.41, 5.74) is 8.72. The van der Waals surface area contributed by atoms with E-state index in [2.05, 4.69) is 30.4 Å². The fraction of sp³-hybridized carbons (Fsp3) is 0.600. The fourth-order valence-corrected chi connectivity index (χ4v) is 2.77. The topological polar surface area (TPSA) is 47.3 Å². The van der Waals surface area contributed by atoms with Crippen molar-refractivity contribution < 1.29 is 4.74 Å². The number of hydrogen-bond acceptors (Lipinski definition) is 3. The van der Waals surface area contributed by atoms with E-state index in [4.69, 9.17) is 10.5 Å². The molecule has 1 saturated carbocycles. The number of benzene rings is 1. The van der Waals surface area contributed by atoms with E-state index in [-0.39, 0.29) is 5.41 Å². The van der Waals surface area contributed by atoms with Gasteiger partial charge in [0.05, 0.1) is 6.61 Å². The maximum atomic E-state index is 5.93. The second-order valence-electron chi connectivity index (χ2n) is 5.25. The molecule has 0 aliphatic heterocycles. The normalized spacial score (nSPS) is 18.4. The molecule has 100 valence electrons. The molecule has 1 aliphatic carbocycles. The molecule has 3 N–H and O–H groups in total. The highest BCUT2D eigenvalue weighted by Crippen LogP contribution is 2.54. The van der Waals surface area contributed by atoms with Crippen molar-refractivity contribution in [3.63, 3.8) is 0 Å². The van der Waals surface area contributed by atoms with Crippen LogP contribution in [0.4, 0.5) is 0 Å². The molecule has 0 heterocycles. The largest absolute Gasteiger partial charge is 0.494 e. The minimum absolute atomic E-state index is 0.272. The molecule has 18 heavy (non-hydrogen) atoms. The molecule has 0 radical (unpaired) electrons. The van der Waals surface area contributed by atoms with E-state index in [9.17, 15) is 0 Å². The lowest BCUT2D eigenvalue weighted by atomic mass is 9.89. The molecule has 3 heteroatoms. The third-order valence-electron chi connectivity index (χ3n) is 4.03. The average Bonchev–Trinajstić information content (AvgIpc) is 3.15. The molecule has 0 bridgehead atoms. The lowest BCUT2D eigenvalue weighted by Crippen LogP contribution is -2.32. The average molecular weight is 248 g/mol. The maximum absolute atomic E-state index is 5.93. The summed E-state index contributed by atoms with van der Waals surface area (Å²) in [6.07, 6.45) is 2.45. The SMILES string of the molecule is CCOc1ccc(C(NC)C2(CN)CC2)cc1C. The van der Waals surface area contributed by atoms with E-state index in [0.717, 1.165) is 12.3 Å². The van der Waals surface area contributed by atoms with E-state index in [1.165, 1.54) is 24.0 Å². The quantitative estimate of drug-likeness (QED) is 0.812. The maximum Gasteiger partial charge on any atom is 0.122 e. The van der Waals surface area contributed by atoms with Crippen LogP contribution in [0.5, 0.6) is 5.75 Å². The highest BCUT2D eigenvalue weighted by atomic mass is 16.5. The predicted octanol–water partition coefficient (Wildman–Crippen LogP) is 2.39. The third kappa shape index (κ3) is 2.38. The summed E-state index contributed by atoms with van der Waals surface area (Å²) >= 11 is 0. The minimum Gasteiger partial charge on any atom is -0.494 e. The van der Waals surface area contributed by atoms with Crippen LogP contribution < -0.4 is 15.8 Å². The zero-order chi connectivity index (χ0) is 13.2. The second kappa shape index (κ2) is 5.29. The molecule has 1 aromatic carbocycles. The molecule has 1 aromatic rings. The van der Waals surface area contributed by atoms with Crippen LogP contribution in [0, 0.1) is 12.3 Å². The number of rotatable bonds is 6. The predicted molar refractivity (Wildman–Crippen MR) is 74.9 cm³/mol. The van der Waals surface area contributed by atoms with Crippen molar-refractivity contribution in [2.75, 3.05) is 20.2 Å². The van der Waals surface area contributed by atoms with Crippen LogP contribution in [0.15, 0.2) is 18.2 Å². The number of hydrogen-bond donors (Lipinski definition) is 2. The molecule has 0 aromatic heterocycles. The molecule has 2 rings (SSSR count). The Morgan fingerprint density at radius 3 is 2.61 bits per heavy atom. The Balaban J connectivity index is 2.24. The molecule has 1 unspecified atom stereocenters. The molecule has 0 saturated heterocycles. The smallest absolute Gasteiger partial charge is 0.122 e. The molecule has 3 nitrogen and oxygen atoms in total. The van der Waals surface area contributed by atoms with Gasteiger partial charge in [0.15, 0.2) is 0 Å². The minimum atomic E-state index is 0.272. The number of ether oxygens (including phenoxy) is 1. The molecular formula is C15H24N2O. The number of aryl methyl sites for hydroxylation is 1. The van der Waals surface area contributed by atoms with Gasteiger partial charge in [-0.25, -0.2) is 0 Å². The summed E-state index contributed by atoms with van der Waals surface area (Å²) in [5.74, 6) is 0.980. The Morgan fingerprint density at radius 2 is 2.17 bits per heavy atom. The Kier molecular flexibility index (Phi) is 3.93. The van der Waals surface area contributed by atoms with E-state index in [0.29, 0.717) is 12.6 Å².